The zero-order valence-corrected chi connectivity index (χ0v) is 17.1. The van der Waals surface area contributed by atoms with Crippen LogP contribution in [0.5, 0.6) is 5.75 Å². The highest BCUT2D eigenvalue weighted by atomic mass is 35.5. The van der Waals surface area contributed by atoms with Crippen LogP contribution in [-0.2, 0) is 0 Å². The molecule has 5 rings (SSSR count). The van der Waals surface area contributed by atoms with Gasteiger partial charge < -0.3 is 19.4 Å². The van der Waals surface area contributed by atoms with Crippen LogP contribution in [0.3, 0.4) is 0 Å². The molecule has 8 heteroatoms. The number of aromatic nitrogens is 1. The molecule has 7 nitrogen and oxygen atoms in total. The Morgan fingerprint density at radius 2 is 2.13 bits per heavy atom. The number of anilines is 1. The summed E-state index contributed by atoms with van der Waals surface area (Å²) in [5, 5.41) is 15.1. The summed E-state index contributed by atoms with van der Waals surface area (Å²) < 4.78 is 5.73. The minimum absolute atomic E-state index is 0.0714. The number of H-pyrrole nitrogens is 1. The van der Waals surface area contributed by atoms with Crippen molar-refractivity contribution in [2.75, 3.05) is 17.3 Å². The Hall–Kier alpha value is -3.32. The number of carbonyl (C=O) groups excluding carboxylic acids is 1. The molecule has 1 amide bonds. The predicted molar refractivity (Wildman–Crippen MR) is 116 cm³/mol. The van der Waals surface area contributed by atoms with Crippen molar-refractivity contribution in [1.82, 2.24) is 4.98 Å². The van der Waals surface area contributed by atoms with Crippen LogP contribution in [0.15, 0.2) is 39.9 Å². The van der Waals surface area contributed by atoms with E-state index in [0.29, 0.717) is 34.6 Å². The van der Waals surface area contributed by atoms with Crippen molar-refractivity contribution in [3.05, 3.63) is 57.8 Å². The molecule has 3 heterocycles. The van der Waals surface area contributed by atoms with Crippen molar-refractivity contribution in [1.29, 1.82) is 0 Å². The van der Waals surface area contributed by atoms with Crippen LogP contribution in [0.1, 0.15) is 33.3 Å². The molecule has 0 bridgehead atoms. The average molecular weight is 424 g/mol. The van der Waals surface area contributed by atoms with Crippen LogP contribution in [0.25, 0.3) is 21.9 Å². The third-order valence-electron chi connectivity index (χ3n) is 5.92. The first-order valence-corrected chi connectivity index (χ1v) is 10.1. The summed E-state index contributed by atoms with van der Waals surface area (Å²) in [4.78, 5) is 28.9. The van der Waals surface area contributed by atoms with E-state index in [1.54, 1.807) is 29.2 Å². The number of benzene rings is 2. The van der Waals surface area contributed by atoms with E-state index in [1.165, 1.54) is 6.07 Å². The summed E-state index contributed by atoms with van der Waals surface area (Å²) >= 11 is 6.27. The summed E-state index contributed by atoms with van der Waals surface area (Å²) in [6.07, 6.45) is 0. The SMILES string of the molecule is Cc1[nH]c2c(O)cc3c(c2c1C)C(CCl)CN3C(=O)c1cc2cc(N=O)ccc2o1. The van der Waals surface area contributed by atoms with Crippen LogP contribution in [-0.4, -0.2) is 28.4 Å². The van der Waals surface area contributed by atoms with E-state index in [4.69, 9.17) is 16.0 Å². The second-order valence-corrected chi connectivity index (χ2v) is 7.95. The molecule has 2 aromatic carbocycles. The van der Waals surface area contributed by atoms with E-state index >= 15 is 0 Å². The topological polar surface area (TPSA) is 98.9 Å². The van der Waals surface area contributed by atoms with Gasteiger partial charge in [-0.05, 0) is 54.4 Å². The monoisotopic (exact) mass is 423 g/mol. The number of rotatable bonds is 3. The molecule has 1 aliphatic rings. The van der Waals surface area contributed by atoms with Gasteiger partial charge in [0.1, 0.15) is 17.0 Å². The van der Waals surface area contributed by atoms with Gasteiger partial charge in [0.15, 0.2) is 5.76 Å². The van der Waals surface area contributed by atoms with Gasteiger partial charge in [-0.2, -0.15) is 0 Å². The molecule has 0 fully saturated rings. The van der Waals surface area contributed by atoms with Crippen LogP contribution in [0.4, 0.5) is 11.4 Å². The first-order chi connectivity index (χ1) is 14.4. The van der Waals surface area contributed by atoms with E-state index in [0.717, 1.165) is 22.2 Å². The lowest BCUT2D eigenvalue weighted by Crippen LogP contribution is -2.29. The van der Waals surface area contributed by atoms with Gasteiger partial charge in [0.2, 0.25) is 0 Å². The van der Waals surface area contributed by atoms with Gasteiger partial charge in [-0.15, -0.1) is 16.5 Å². The van der Waals surface area contributed by atoms with Crippen molar-refractivity contribution in [3.8, 4) is 5.75 Å². The van der Waals surface area contributed by atoms with E-state index in [-0.39, 0.29) is 29.0 Å². The number of halogens is 1. The lowest BCUT2D eigenvalue weighted by Gasteiger charge is -2.16. The zero-order chi connectivity index (χ0) is 21.2. The zero-order valence-electron chi connectivity index (χ0n) is 16.3. The van der Waals surface area contributed by atoms with Crippen LogP contribution in [0, 0.1) is 18.8 Å². The smallest absolute Gasteiger partial charge is 0.294 e. The van der Waals surface area contributed by atoms with E-state index in [1.807, 2.05) is 13.8 Å². The Morgan fingerprint density at radius 1 is 1.33 bits per heavy atom. The van der Waals surface area contributed by atoms with Gasteiger partial charge in [0.05, 0.1) is 11.2 Å². The number of alkyl halides is 1. The molecule has 0 saturated carbocycles. The number of fused-ring (bicyclic) bond motifs is 4. The number of furan rings is 1. The number of phenols is 1. The molecular formula is C22H18ClN3O4. The minimum Gasteiger partial charge on any atom is -0.506 e. The third kappa shape index (κ3) is 2.55. The predicted octanol–water partition coefficient (Wildman–Crippen LogP) is 5.62. The van der Waals surface area contributed by atoms with Crippen molar-refractivity contribution >= 4 is 50.8 Å². The number of hydrogen-bond donors (Lipinski definition) is 2. The van der Waals surface area contributed by atoms with Crippen LogP contribution in [0.2, 0.25) is 0 Å². The first kappa shape index (κ1) is 18.7. The fourth-order valence-electron chi connectivity index (χ4n) is 4.35. The highest BCUT2D eigenvalue weighted by Gasteiger charge is 2.37. The molecule has 1 unspecified atom stereocenters. The van der Waals surface area contributed by atoms with Crippen molar-refractivity contribution < 1.29 is 14.3 Å². The maximum absolute atomic E-state index is 13.3. The number of nitrogens with one attached hydrogen (secondary N) is 1. The second-order valence-electron chi connectivity index (χ2n) is 7.64. The van der Waals surface area contributed by atoms with E-state index in [2.05, 4.69) is 10.2 Å². The normalized spacial score (nSPS) is 15.8. The Balaban J connectivity index is 1.65. The van der Waals surface area contributed by atoms with Crippen molar-refractivity contribution in [3.63, 3.8) is 0 Å². The minimum atomic E-state index is -0.329. The second kappa shape index (κ2) is 6.60. The summed E-state index contributed by atoms with van der Waals surface area (Å²) in [6.45, 7) is 4.32. The molecular weight excluding hydrogens is 406 g/mol. The third-order valence-corrected chi connectivity index (χ3v) is 6.30. The molecule has 0 saturated heterocycles. The van der Waals surface area contributed by atoms with Crippen molar-refractivity contribution in [2.24, 2.45) is 5.18 Å². The summed E-state index contributed by atoms with van der Waals surface area (Å²) in [5.74, 6) is 0.173. The summed E-state index contributed by atoms with van der Waals surface area (Å²) in [5.41, 5.74) is 5.00. The van der Waals surface area contributed by atoms with Crippen LogP contribution >= 0.6 is 11.6 Å². The number of carbonyl (C=O) groups is 1. The molecule has 2 aromatic heterocycles. The Bertz CT molecular complexity index is 1350. The van der Waals surface area contributed by atoms with Gasteiger partial charge in [-0.25, -0.2) is 0 Å². The van der Waals surface area contributed by atoms with Crippen LogP contribution < -0.4 is 4.90 Å². The maximum Gasteiger partial charge on any atom is 0.294 e. The molecule has 2 N–H and O–H groups in total. The molecule has 1 aliphatic heterocycles. The quantitative estimate of drug-likeness (QED) is 0.330. The number of aromatic amines is 1. The Labute approximate surface area is 176 Å². The molecule has 30 heavy (non-hydrogen) atoms. The van der Waals surface area contributed by atoms with Gasteiger partial charge in [-0.3, -0.25) is 4.79 Å². The van der Waals surface area contributed by atoms with Gasteiger partial charge in [0.25, 0.3) is 5.91 Å². The summed E-state index contributed by atoms with van der Waals surface area (Å²) in [6, 6.07) is 7.93. The number of aryl methyl sites for hydroxylation is 2. The number of phenolic OH excluding ortho intramolecular Hbond substituents is 1. The fraction of sp³-hybridized carbons (Fsp3) is 0.227. The largest absolute Gasteiger partial charge is 0.506 e. The first-order valence-electron chi connectivity index (χ1n) is 9.52. The molecule has 0 aliphatic carbocycles. The fourth-order valence-corrected chi connectivity index (χ4v) is 4.60. The molecule has 4 aromatic rings. The van der Waals surface area contributed by atoms with Gasteiger partial charge >= 0.3 is 0 Å². The highest BCUT2D eigenvalue weighted by Crippen LogP contribution is 2.47. The average Bonchev–Trinajstić information content (AvgIpc) is 3.41. The Morgan fingerprint density at radius 3 is 2.87 bits per heavy atom. The maximum atomic E-state index is 13.3. The van der Waals surface area contributed by atoms with Gasteiger partial charge in [-0.1, -0.05) is 0 Å². The van der Waals surface area contributed by atoms with Gasteiger partial charge in [0, 0.05) is 40.9 Å². The number of nitrogens with zero attached hydrogens (tertiary/aromatic N) is 2. The van der Waals surface area contributed by atoms with E-state index in [9.17, 15) is 14.8 Å². The number of amides is 1. The standard InChI is InChI=1S/C22H18ClN3O4/c1-10-11(2)24-21-16(27)7-15-20(19(10)21)13(8-23)9-26(15)22(28)18-6-12-5-14(25-29)3-4-17(12)30-18/h3-7,13,24,27H,8-9H2,1-2H3. The summed E-state index contributed by atoms with van der Waals surface area (Å²) in [7, 11) is 0. The Kier molecular flexibility index (Phi) is 4.11. The number of hydrogen-bond acceptors (Lipinski definition) is 5. The highest BCUT2D eigenvalue weighted by molar-refractivity contribution is 6.19. The van der Waals surface area contributed by atoms with Crippen molar-refractivity contribution in [2.45, 2.75) is 19.8 Å². The molecule has 152 valence electrons. The van der Waals surface area contributed by atoms with E-state index < -0.39 is 0 Å². The number of nitroso groups, excluding NO2 is 1. The number of aromatic hydroxyl groups is 1. The lowest BCUT2D eigenvalue weighted by molar-refractivity contribution is 0.0964. The molecule has 1 atom stereocenters. The molecule has 0 radical (unpaired) electrons. The lowest BCUT2D eigenvalue weighted by atomic mass is 9.96. The molecule has 0 spiro atoms.